The van der Waals surface area contributed by atoms with Crippen molar-refractivity contribution in [3.8, 4) is 28.1 Å². The van der Waals surface area contributed by atoms with Gasteiger partial charge in [-0.25, -0.2) is 4.98 Å². The molecule has 7 heteroatoms. The van der Waals surface area contributed by atoms with E-state index in [-0.39, 0.29) is 5.91 Å². The number of carbonyl (C=O) groups is 1. The quantitative estimate of drug-likeness (QED) is 0.252. The number of benzene rings is 3. The SMILES string of the molecule is COc1ccccc1-c1cc(-c2ccc(C)cc2)nc2sc(C(=O)Nc3cccc(Cl)c3C)c(N)c12. The predicted molar refractivity (Wildman–Crippen MR) is 150 cm³/mol. The average Bonchev–Trinajstić information content (AvgIpc) is 3.23. The molecule has 0 spiro atoms. The molecule has 2 aromatic heterocycles. The lowest BCUT2D eigenvalue weighted by molar-refractivity contribution is 0.103. The highest BCUT2D eigenvalue weighted by molar-refractivity contribution is 7.21. The fourth-order valence-corrected chi connectivity index (χ4v) is 5.35. The number of nitrogens with one attached hydrogen (secondary N) is 1. The summed E-state index contributed by atoms with van der Waals surface area (Å²) in [7, 11) is 1.64. The van der Waals surface area contributed by atoms with Crippen molar-refractivity contribution in [2.45, 2.75) is 13.8 Å². The van der Waals surface area contributed by atoms with Crippen LogP contribution in [0.1, 0.15) is 20.8 Å². The smallest absolute Gasteiger partial charge is 0.267 e. The van der Waals surface area contributed by atoms with Gasteiger partial charge in [-0.3, -0.25) is 4.79 Å². The molecule has 0 bridgehead atoms. The maximum atomic E-state index is 13.4. The molecule has 2 heterocycles. The molecule has 0 unspecified atom stereocenters. The maximum Gasteiger partial charge on any atom is 0.267 e. The molecule has 1 amide bonds. The zero-order chi connectivity index (χ0) is 25.4. The van der Waals surface area contributed by atoms with Crippen LogP contribution < -0.4 is 15.8 Å². The highest BCUT2D eigenvalue weighted by Gasteiger charge is 2.23. The number of hydrogen-bond donors (Lipinski definition) is 2. The first-order chi connectivity index (χ1) is 17.4. The highest BCUT2D eigenvalue weighted by Crippen LogP contribution is 2.44. The van der Waals surface area contributed by atoms with Crippen LogP contribution in [0.3, 0.4) is 0 Å². The van der Waals surface area contributed by atoms with Gasteiger partial charge in [-0.05, 0) is 49.2 Å². The number of aromatic nitrogens is 1. The second kappa shape index (κ2) is 9.64. The van der Waals surface area contributed by atoms with Gasteiger partial charge in [0.05, 0.1) is 18.5 Å². The summed E-state index contributed by atoms with van der Waals surface area (Å²) < 4.78 is 5.66. The van der Waals surface area contributed by atoms with Gasteiger partial charge in [-0.1, -0.05) is 65.7 Å². The molecule has 0 saturated heterocycles. The lowest BCUT2D eigenvalue weighted by Crippen LogP contribution is -2.13. The van der Waals surface area contributed by atoms with Crippen molar-refractivity contribution in [1.82, 2.24) is 4.98 Å². The molecule has 0 fully saturated rings. The molecule has 5 aromatic rings. The molecule has 3 N–H and O–H groups in total. The number of halogens is 1. The third-order valence-corrected chi connectivity index (χ3v) is 7.67. The first kappa shape index (κ1) is 23.9. The fourth-order valence-electron chi connectivity index (χ4n) is 4.16. The van der Waals surface area contributed by atoms with Crippen molar-refractivity contribution in [2.75, 3.05) is 18.2 Å². The number of rotatable bonds is 5. The van der Waals surface area contributed by atoms with Crippen LogP contribution in [0.15, 0.2) is 72.8 Å². The number of anilines is 2. The Bertz CT molecular complexity index is 1610. The van der Waals surface area contributed by atoms with Crippen LogP contribution in [-0.2, 0) is 0 Å². The number of methoxy groups -OCH3 is 1. The van der Waals surface area contributed by atoms with E-state index >= 15 is 0 Å². The van der Waals surface area contributed by atoms with Gasteiger partial charge < -0.3 is 15.8 Å². The summed E-state index contributed by atoms with van der Waals surface area (Å²) in [6.45, 7) is 3.91. The monoisotopic (exact) mass is 513 g/mol. The summed E-state index contributed by atoms with van der Waals surface area (Å²) in [6, 6.07) is 23.4. The molecule has 36 heavy (non-hydrogen) atoms. The van der Waals surface area contributed by atoms with E-state index in [1.807, 2.05) is 62.4 Å². The molecule has 0 atom stereocenters. The van der Waals surface area contributed by atoms with Gasteiger partial charge >= 0.3 is 0 Å². The highest BCUT2D eigenvalue weighted by atomic mass is 35.5. The van der Waals surface area contributed by atoms with E-state index in [1.54, 1.807) is 19.2 Å². The van der Waals surface area contributed by atoms with Crippen LogP contribution in [0.5, 0.6) is 5.75 Å². The Morgan fingerprint density at radius 3 is 2.50 bits per heavy atom. The van der Waals surface area contributed by atoms with E-state index in [1.165, 1.54) is 16.9 Å². The van der Waals surface area contributed by atoms with Crippen molar-refractivity contribution in [3.05, 3.63) is 93.8 Å². The van der Waals surface area contributed by atoms with Gasteiger partial charge in [-0.15, -0.1) is 11.3 Å². The molecule has 0 saturated carbocycles. The normalized spacial score (nSPS) is 11.0. The summed E-state index contributed by atoms with van der Waals surface area (Å²) in [6.07, 6.45) is 0. The van der Waals surface area contributed by atoms with E-state index in [0.29, 0.717) is 31.9 Å². The minimum atomic E-state index is -0.302. The van der Waals surface area contributed by atoms with Crippen LogP contribution in [0.2, 0.25) is 5.02 Å². The largest absolute Gasteiger partial charge is 0.496 e. The van der Waals surface area contributed by atoms with Crippen molar-refractivity contribution in [3.63, 3.8) is 0 Å². The number of pyridine rings is 1. The van der Waals surface area contributed by atoms with E-state index in [9.17, 15) is 4.79 Å². The van der Waals surface area contributed by atoms with Crippen LogP contribution in [0, 0.1) is 13.8 Å². The van der Waals surface area contributed by atoms with Gasteiger partial charge in [0.1, 0.15) is 15.5 Å². The van der Waals surface area contributed by atoms with Gasteiger partial charge in [-0.2, -0.15) is 0 Å². The molecular weight excluding hydrogens is 490 g/mol. The van der Waals surface area contributed by atoms with Crippen molar-refractivity contribution in [1.29, 1.82) is 0 Å². The van der Waals surface area contributed by atoms with E-state index in [0.717, 1.165) is 33.3 Å². The minimum absolute atomic E-state index is 0.302. The number of aryl methyl sites for hydroxylation is 1. The summed E-state index contributed by atoms with van der Waals surface area (Å²) in [5.41, 5.74) is 13.1. The van der Waals surface area contributed by atoms with Gasteiger partial charge in [0.15, 0.2) is 0 Å². The Morgan fingerprint density at radius 2 is 1.75 bits per heavy atom. The summed E-state index contributed by atoms with van der Waals surface area (Å²) in [5.74, 6) is 0.412. The molecular formula is C29H24ClN3O2S. The molecule has 180 valence electrons. The molecule has 5 nitrogen and oxygen atoms in total. The number of fused-ring (bicyclic) bond motifs is 1. The molecule has 0 aliphatic heterocycles. The second-order valence-corrected chi connectivity index (χ2v) is 9.92. The molecule has 5 rings (SSSR count). The molecule has 3 aromatic carbocycles. The Kier molecular flexibility index (Phi) is 6.39. The van der Waals surface area contributed by atoms with E-state index < -0.39 is 0 Å². The summed E-state index contributed by atoms with van der Waals surface area (Å²) in [5, 5.41) is 4.27. The number of nitrogens with two attached hydrogens (primary N) is 1. The molecule has 0 aliphatic carbocycles. The Hall–Kier alpha value is -3.87. The number of para-hydroxylation sites is 1. The number of thiophene rings is 1. The Balaban J connectivity index is 1.70. The Labute approximate surface area is 218 Å². The lowest BCUT2D eigenvalue weighted by atomic mass is 9.98. The first-order valence-corrected chi connectivity index (χ1v) is 12.6. The van der Waals surface area contributed by atoms with Crippen molar-refractivity contribution < 1.29 is 9.53 Å². The standard InChI is InChI=1S/C29H24ClN3O2S/c1-16-11-13-18(14-12-16)23-15-20(19-7-4-5-10-24(19)35-3)25-26(31)27(36-29(25)33-23)28(34)32-22-9-6-8-21(30)17(22)2/h4-15H,31H2,1-3H3,(H,32,34). The topological polar surface area (TPSA) is 77.2 Å². The summed E-state index contributed by atoms with van der Waals surface area (Å²) >= 11 is 7.52. The number of ether oxygens (including phenoxy) is 1. The molecule has 0 radical (unpaired) electrons. The van der Waals surface area contributed by atoms with Gasteiger partial charge in [0.2, 0.25) is 0 Å². The van der Waals surface area contributed by atoms with Crippen LogP contribution in [0.25, 0.3) is 32.6 Å². The number of carbonyl (C=O) groups excluding carboxylic acids is 1. The number of amides is 1. The zero-order valence-electron chi connectivity index (χ0n) is 20.1. The molecule has 0 aliphatic rings. The van der Waals surface area contributed by atoms with E-state index in [2.05, 4.69) is 17.4 Å². The van der Waals surface area contributed by atoms with E-state index in [4.69, 9.17) is 27.1 Å². The number of hydrogen-bond acceptors (Lipinski definition) is 5. The van der Waals surface area contributed by atoms with Crippen molar-refractivity contribution >= 4 is 50.4 Å². The average molecular weight is 514 g/mol. The minimum Gasteiger partial charge on any atom is -0.496 e. The first-order valence-electron chi connectivity index (χ1n) is 11.4. The second-order valence-electron chi connectivity index (χ2n) is 8.51. The summed E-state index contributed by atoms with van der Waals surface area (Å²) in [4.78, 5) is 19.3. The number of nitrogens with zero attached hydrogens (tertiary/aromatic N) is 1. The third-order valence-electron chi connectivity index (χ3n) is 6.17. The van der Waals surface area contributed by atoms with Crippen LogP contribution >= 0.6 is 22.9 Å². The van der Waals surface area contributed by atoms with Crippen molar-refractivity contribution in [2.24, 2.45) is 0 Å². The third kappa shape index (κ3) is 4.30. The van der Waals surface area contributed by atoms with Crippen LogP contribution in [-0.4, -0.2) is 18.0 Å². The number of nitrogen functional groups attached to an aromatic ring is 1. The van der Waals surface area contributed by atoms with Crippen LogP contribution in [0.4, 0.5) is 11.4 Å². The zero-order valence-corrected chi connectivity index (χ0v) is 21.6. The van der Waals surface area contributed by atoms with Gasteiger partial charge in [0, 0.05) is 27.2 Å². The predicted octanol–water partition coefficient (Wildman–Crippen LogP) is 7.74. The lowest BCUT2D eigenvalue weighted by Gasteiger charge is -2.12. The fraction of sp³-hybridized carbons (Fsp3) is 0.103. The maximum absolute atomic E-state index is 13.4. The Morgan fingerprint density at radius 1 is 1.00 bits per heavy atom. The van der Waals surface area contributed by atoms with Gasteiger partial charge in [0.25, 0.3) is 5.91 Å².